The van der Waals surface area contributed by atoms with Gasteiger partial charge >= 0.3 is 5.97 Å². The van der Waals surface area contributed by atoms with Gasteiger partial charge in [0.05, 0.1) is 17.6 Å². The summed E-state index contributed by atoms with van der Waals surface area (Å²) in [4.78, 5) is 11.6. The summed E-state index contributed by atoms with van der Waals surface area (Å²) in [5.41, 5.74) is 0.293. The van der Waals surface area contributed by atoms with Gasteiger partial charge in [0.25, 0.3) is 0 Å². The predicted octanol–water partition coefficient (Wildman–Crippen LogP) is 1.93. The summed E-state index contributed by atoms with van der Waals surface area (Å²) >= 11 is 3.22. The molecule has 2 N–H and O–H groups in total. The van der Waals surface area contributed by atoms with Crippen molar-refractivity contribution in [1.29, 1.82) is 0 Å². The molecule has 0 spiro atoms. The molecule has 130 valence electrons. The van der Waals surface area contributed by atoms with Crippen molar-refractivity contribution in [2.24, 2.45) is 5.92 Å². The summed E-state index contributed by atoms with van der Waals surface area (Å²) in [6.07, 6.45) is 0.926. The van der Waals surface area contributed by atoms with Crippen LogP contribution in [-0.2, 0) is 14.8 Å². The Labute approximate surface area is 151 Å². The lowest BCUT2D eigenvalue weighted by Crippen LogP contribution is -2.50. The van der Waals surface area contributed by atoms with E-state index in [2.05, 4.69) is 30.7 Å². The zero-order valence-corrected chi connectivity index (χ0v) is 16.1. The lowest BCUT2D eigenvalue weighted by atomic mass is 9.96. The van der Waals surface area contributed by atoms with Crippen LogP contribution in [0.5, 0.6) is 0 Å². The summed E-state index contributed by atoms with van der Waals surface area (Å²) in [5, 5.41) is 3.19. The van der Waals surface area contributed by atoms with Crippen LogP contribution in [-0.4, -0.2) is 40.6 Å². The molecular weight excluding hydrogens is 408 g/mol. The number of carbonyl (C=O) groups is 1. The second kappa shape index (κ2) is 8.43. The molecule has 2 unspecified atom stereocenters. The number of hydrogen-bond acceptors (Lipinski definition) is 5. The fraction of sp³-hybridized carbons (Fsp3) is 0.500. The molecule has 9 heteroatoms. The van der Waals surface area contributed by atoms with Crippen molar-refractivity contribution in [2.45, 2.75) is 24.3 Å². The number of nitrogens with one attached hydrogen (secondary N) is 2. The van der Waals surface area contributed by atoms with Crippen LogP contribution >= 0.6 is 28.3 Å². The number of sulfonamides is 1. The van der Waals surface area contributed by atoms with Crippen molar-refractivity contribution >= 4 is 44.3 Å². The van der Waals surface area contributed by atoms with Gasteiger partial charge in [-0.2, -0.15) is 0 Å². The number of benzene rings is 1. The van der Waals surface area contributed by atoms with Gasteiger partial charge in [0.2, 0.25) is 10.0 Å². The smallest absolute Gasteiger partial charge is 0.337 e. The zero-order valence-electron chi connectivity index (χ0n) is 12.8. The number of methoxy groups -OCH3 is 1. The highest BCUT2D eigenvalue weighted by atomic mass is 79.9. The minimum Gasteiger partial charge on any atom is -0.465 e. The molecule has 0 aromatic heterocycles. The third kappa shape index (κ3) is 4.90. The Kier molecular flexibility index (Phi) is 7.47. The van der Waals surface area contributed by atoms with E-state index in [4.69, 9.17) is 0 Å². The highest BCUT2D eigenvalue weighted by Crippen LogP contribution is 2.25. The van der Waals surface area contributed by atoms with Gasteiger partial charge < -0.3 is 10.1 Å². The quantitative estimate of drug-likeness (QED) is 0.717. The maximum Gasteiger partial charge on any atom is 0.337 e. The topological polar surface area (TPSA) is 84.5 Å². The van der Waals surface area contributed by atoms with Gasteiger partial charge in [-0.25, -0.2) is 17.9 Å². The van der Waals surface area contributed by atoms with Crippen molar-refractivity contribution in [1.82, 2.24) is 10.0 Å². The van der Waals surface area contributed by atoms with E-state index in [1.54, 1.807) is 0 Å². The molecule has 0 aliphatic carbocycles. The maximum absolute atomic E-state index is 12.5. The van der Waals surface area contributed by atoms with Gasteiger partial charge in [0.1, 0.15) is 0 Å². The Morgan fingerprint density at radius 2 is 2.13 bits per heavy atom. The van der Waals surface area contributed by atoms with Crippen molar-refractivity contribution in [3.8, 4) is 0 Å². The van der Waals surface area contributed by atoms with E-state index in [1.165, 1.54) is 25.3 Å². The Hall–Kier alpha value is -0.670. The Balaban J connectivity index is 0.00000264. The van der Waals surface area contributed by atoms with Gasteiger partial charge in [0.15, 0.2) is 0 Å². The highest BCUT2D eigenvalue weighted by Gasteiger charge is 2.28. The van der Waals surface area contributed by atoms with Gasteiger partial charge in [-0.1, -0.05) is 6.92 Å². The second-order valence-electron chi connectivity index (χ2n) is 5.33. The first-order valence-corrected chi connectivity index (χ1v) is 9.23. The molecule has 1 fully saturated rings. The molecular formula is C14H20BrClN2O4S. The van der Waals surface area contributed by atoms with E-state index in [0.717, 1.165) is 13.0 Å². The van der Waals surface area contributed by atoms with E-state index >= 15 is 0 Å². The summed E-state index contributed by atoms with van der Waals surface area (Å²) in [6.45, 7) is 3.54. The van der Waals surface area contributed by atoms with E-state index in [0.29, 0.717) is 16.6 Å². The standard InChI is InChI=1S/C14H19BrN2O4S.ClH/c1-9-5-6-16-8-12(9)17-22(19,20)13-4-3-10(7-11(13)15)14(18)21-2;/h3-4,7,9,12,16-17H,5-6,8H2,1-2H3;1H. The number of esters is 1. The van der Waals surface area contributed by atoms with Gasteiger partial charge in [-0.3, -0.25) is 0 Å². The number of hydrogen-bond donors (Lipinski definition) is 2. The predicted molar refractivity (Wildman–Crippen MR) is 93.5 cm³/mol. The Morgan fingerprint density at radius 1 is 1.43 bits per heavy atom. The molecule has 2 rings (SSSR count). The lowest BCUT2D eigenvalue weighted by Gasteiger charge is -2.30. The van der Waals surface area contributed by atoms with Gasteiger partial charge in [-0.15, -0.1) is 12.4 Å². The fourth-order valence-electron chi connectivity index (χ4n) is 2.37. The number of ether oxygens (including phenoxy) is 1. The van der Waals surface area contributed by atoms with E-state index in [-0.39, 0.29) is 29.3 Å². The van der Waals surface area contributed by atoms with Crippen LogP contribution in [0.15, 0.2) is 27.6 Å². The third-order valence-electron chi connectivity index (χ3n) is 3.78. The van der Waals surface area contributed by atoms with Crippen molar-refractivity contribution in [3.63, 3.8) is 0 Å². The largest absolute Gasteiger partial charge is 0.465 e. The first-order valence-electron chi connectivity index (χ1n) is 6.96. The van der Waals surface area contributed by atoms with Crippen molar-refractivity contribution in [2.75, 3.05) is 20.2 Å². The molecule has 1 aromatic rings. The number of halogens is 2. The first kappa shape index (κ1) is 20.4. The average Bonchev–Trinajstić information content (AvgIpc) is 2.48. The van der Waals surface area contributed by atoms with Crippen LogP contribution in [0, 0.1) is 5.92 Å². The maximum atomic E-state index is 12.5. The first-order chi connectivity index (χ1) is 10.3. The molecule has 6 nitrogen and oxygen atoms in total. The molecule has 0 bridgehead atoms. The summed E-state index contributed by atoms with van der Waals surface area (Å²) in [6, 6.07) is 4.14. The van der Waals surface area contributed by atoms with Crippen LogP contribution in [0.1, 0.15) is 23.7 Å². The van der Waals surface area contributed by atoms with E-state index < -0.39 is 16.0 Å². The number of carbonyl (C=O) groups excluding carboxylic acids is 1. The monoisotopic (exact) mass is 426 g/mol. The van der Waals surface area contributed by atoms with Crippen molar-refractivity contribution < 1.29 is 17.9 Å². The molecule has 1 heterocycles. The Morgan fingerprint density at radius 3 is 2.70 bits per heavy atom. The molecule has 0 radical (unpaired) electrons. The van der Waals surface area contributed by atoms with Crippen LogP contribution in [0.25, 0.3) is 0 Å². The molecule has 2 atom stereocenters. The van der Waals surface area contributed by atoms with Crippen LogP contribution in [0.3, 0.4) is 0 Å². The fourth-order valence-corrected chi connectivity index (χ4v) is 4.80. The molecule has 23 heavy (non-hydrogen) atoms. The third-order valence-corrected chi connectivity index (χ3v) is 6.24. The second-order valence-corrected chi connectivity index (χ2v) is 7.87. The molecule has 0 amide bonds. The summed E-state index contributed by atoms with van der Waals surface area (Å²) in [5.74, 6) is -0.244. The minimum absolute atomic E-state index is 0. The number of rotatable bonds is 4. The van der Waals surface area contributed by atoms with Gasteiger partial charge in [0, 0.05) is 17.1 Å². The Bertz CT molecular complexity index is 669. The molecule has 0 saturated carbocycles. The lowest BCUT2D eigenvalue weighted by molar-refractivity contribution is 0.0600. The molecule has 1 aliphatic heterocycles. The summed E-state index contributed by atoms with van der Waals surface area (Å²) < 4.78 is 32.7. The van der Waals surface area contributed by atoms with E-state index in [9.17, 15) is 13.2 Å². The van der Waals surface area contributed by atoms with Crippen LogP contribution in [0.4, 0.5) is 0 Å². The van der Waals surface area contributed by atoms with Gasteiger partial charge in [-0.05, 0) is 53.0 Å². The SMILES string of the molecule is COC(=O)c1ccc(S(=O)(=O)NC2CNCCC2C)c(Br)c1.Cl. The number of piperidine rings is 1. The molecule has 1 saturated heterocycles. The van der Waals surface area contributed by atoms with Crippen molar-refractivity contribution in [3.05, 3.63) is 28.2 Å². The highest BCUT2D eigenvalue weighted by molar-refractivity contribution is 9.10. The van der Waals surface area contributed by atoms with Crippen LogP contribution < -0.4 is 10.0 Å². The minimum atomic E-state index is -3.66. The molecule has 1 aliphatic rings. The zero-order chi connectivity index (χ0) is 16.3. The average molecular weight is 428 g/mol. The molecule has 1 aromatic carbocycles. The normalized spacial score (nSPS) is 21.3. The van der Waals surface area contributed by atoms with E-state index in [1.807, 2.05) is 6.92 Å². The summed E-state index contributed by atoms with van der Waals surface area (Å²) in [7, 11) is -2.38. The van der Waals surface area contributed by atoms with Crippen LogP contribution in [0.2, 0.25) is 0 Å².